The van der Waals surface area contributed by atoms with Crippen molar-refractivity contribution < 1.29 is 9.53 Å². The molecule has 114 valence electrons. The van der Waals surface area contributed by atoms with E-state index in [1.165, 1.54) is 17.8 Å². The van der Waals surface area contributed by atoms with E-state index in [-0.39, 0.29) is 11.5 Å². The summed E-state index contributed by atoms with van der Waals surface area (Å²) in [5.41, 5.74) is 0.0649. The van der Waals surface area contributed by atoms with Crippen molar-refractivity contribution in [1.82, 2.24) is 10.2 Å². The van der Waals surface area contributed by atoms with Crippen LogP contribution in [-0.2, 0) is 4.74 Å². The van der Waals surface area contributed by atoms with Crippen LogP contribution in [0.3, 0.4) is 0 Å². The van der Waals surface area contributed by atoms with E-state index < -0.39 is 0 Å². The molecule has 4 rings (SSSR count). The van der Waals surface area contributed by atoms with Crippen LogP contribution < -0.4 is 5.32 Å². The van der Waals surface area contributed by atoms with Gasteiger partial charge in [0.1, 0.15) is 4.88 Å². The number of hydrogen-bond donors (Lipinski definition) is 1. The summed E-state index contributed by atoms with van der Waals surface area (Å²) in [6, 6.07) is 1.77. The molecule has 2 bridgehead atoms. The predicted molar refractivity (Wildman–Crippen MR) is 83.0 cm³/mol. The fraction of sp³-hybridized carbons (Fsp3) is 0.667. The maximum Gasteiger partial charge on any atom is 0.262 e. The topological polar surface area (TPSA) is 41.6 Å². The number of fused-ring (bicyclic) bond motifs is 1. The van der Waals surface area contributed by atoms with E-state index in [0.29, 0.717) is 34.4 Å². The van der Waals surface area contributed by atoms with Crippen LogP contribution in [0.1, 0.15) is 22.5 Å². The smallest absolute Gasteiger partial charge is 0.262 e. The fourth-order valence-corrected chi connectivity index (χ4v) is 5.50. The first kappa shape index (κ1) is 14.0. The Morgan fingerprint density at radius 2 is 2.52 bits per heavy atom. The molecule has 1 amide bonds. The first-order valence-electron chi connectivity index (χ1n) is 7.47. The molecule has 0 aromatic carbocycles. The number of nitrogens with one attached hydrogen (secondary N) is 1. The molecular formula is C15H19ClN2O2S. The van der Waals surface area contributed by atoms with Crippen LogP contribution in [0.25, 0.3) is 0 Å². The predicted octanol–water partition coefficient (Wildman–Crippen LogP) is 2.24. The fourth-order valence-electron chi connectivity index (χ4n) is 4.44. The van der Waals surface area contributed by atoms with E-state index in [2.05, 4.69) is 17.3 Å². The van der Waals surface area contributed by atoms with E-state index in [0.717, 1.165) is 19.5 Å². The average Bonchev–Trinajstić information content (AvgIpc) is 3.15. The molecule has 6 heteroatoms. The quantitative estimate of drug-likeness (QED) is 0.926. The summed E-state index contributed by atoms with van der Waals surface area (Å²) in [6.07, 6.45) is 2.63. The highest BCUT2D eigenvalue weighted by molar-refractivity contribution is 7.12. The minimum Gasteiger partial charge on any atom is -0.370 e. The number of nitrogens with zero attached hydrogens (tertiary/aromatic N) is 1. The van der Waals surface area contributed by atoms with Crippen molar-refractivity contribution >= 4 is 28.8 Å². The second-order valence-electron chi connectivity index (χ2n) is 6.53. The second kappa shape index (κ2) is 4.95. The zero-order valence-corrected chi connectivity index (χ0v) is 13.5. The van der Waals surface area contributed by atoms with Gasteiger partial charge in [0.15, 0.2) is 0 Å². The summed E-state index contributed by atoms with van der Waals surface area (Å²) in [5.74, 6) is 0.935. The summed E-state index contributed by atoms with van der Waals surface area (Å²) >= 11 is 7.41. The van der Waals surface area contributed by atoms with Crippen LogP contribution in [0.2, 0.25) is 5.02 Å². The average molecular weight is 327 g/mol. The van der Waals surface area contributed by atoms with Gasteiger partial charge in [0.25, 0.3) is 5.91 Å². The number of likely N-dealkylation sites (N-methyl/N-ethyl adjacent to an activating group) is 1. The Balaban J connectivity index is 1.44. The highest BCUT2D eigenvalue weighted by Gasteiger charge is 2.62. The van der Waals surface area contributed by atoms with Gasteiger partial charge in [0.05, 0.1) is 16.7 Å². The van der Waals surface area contributed by atoms with Gasteiger partial charge in [-0.25, -0.2) is 0 Å². The minimum absolute atomic E-state index is 0.0572. The Morgan fingerprint density at radius 3 is 3.29 bits per heavy atom. The van der Waals surface area contributed by atoms with E-state index >= 15 is 0 Å². The van der Waals surface area contributed by atoms with Crippen LogP contribution in [-0.4, -0.2) is 49.2 Å². The SMILES string of the molecule is CN1C[C@@H]2[C@H](CNC(=O)c3sccc3Cl)[C@H]3CC[C@]2(C1)O3. The number of likely N-dealkylation sites (tertiary alicyclic amines) is 1. The molecule has 21 heavy (non-hydrogen) atoms. The second-order valence-corrected chi connectivity index (χ2v) is 7.86. The lowest BCUT2D eigenvalue weighted by Crippen LogP contribution is -2.41. The lowest BCUT2D eigenvalue weighted by atomic mass is 9.73. The van der Waals surface area contributed by atoms with Gasteiger partial charge in [-0.2, -0.15) is 0 Å². The number of hydrogen-bond acceptors (Lipinski definition) is 4. The molecule has 1 aromatic rings. The van der Waals surface area contributed by atoms with Crippen molar-refractivity contribution in [2.24, 2.45) is 11.8 Å². The van der Waals surface area contributed by atoms with Gasteiger partial charge in [-0.3, -0.25) is 4.79 Å². The maximum absolute atomic E-state index is 12.2. The van der Waals surface area contributed by atoms with Crippen molar-refractivity contribution in [2.45, 2.75) is 24.5 Å². The van der Waals surface area contributed by atoms with Crippen LogP contribution in [0.15, 0.2) is 11.4 Å². The molecule has 4 heterocycles. The van der Waals surface area contributed by atoms with Crippen molar-refractivity contribution in [3.05, 3.63) is 21.3 Å². The summed E-state index contributed by atoms with van der Waals surface area (Å²) in [5, 5.41) is 5.45. The Hall–Kier alpha value is -0.620. The third-order valence-corrected chi connectivity index (χ3v) is 6.62. The molecule has 3 saturated heterocycles. The van der Waals surface area contributed by atoms with Gasteiger partial charge in [-0.05, 0) is 31.3 Å². The molecule has 0 radical (unpaired) electrons. The van der Waals surface area contributed by atoms with Crippen LogP contribution in [0.5, 0.6) is 0 Å². The zero-order chi connectivity index (χ0) is 14.6. The lowest BCUT2D eigenvalue weighted by molar-refractivity contribution is 0.00472. The molecule has 0 saturated carbocycles. The Bertz CT molecular complexity index is 578. The first-order valence-corrected chi connectivity index (χ1v) is 8.72. The number of rotatable bonds is 3. The molecule has 1 N–H and O–H groups in total. The Labute approximate surface area is 133 Å². The standard InChI is InChI=1S/C15H19ClN2O2S/c1-18-7-10-9(12-2-4-15(10,8-18)20-12)6-17-14(19)13-11(16)3-5-21-13/h3,5,9-10,12H,2,4,6-8H2,1H3,(H,17,19)/t9-,10+,12+,15+/m0/s1. The molecule has 1 aromatic heterocycles. The molecule has 0 unspecified atom stereocenters. The van der Waals surface area contributed by atoms with Gasteiger partial charge >= 0.3 is 0 Å². The normalized spacial score (nSPS) is 37.9. The summed E-state index contributed by atoms with van der Waals surface area (Å²) in [4.78, 5) is 15.2. The van der Waals surface area contributed by atoms with E-state index in [1.807, 2.05) is 5.38 Å². The van der Waals surface area contributed by atoms with E-state index in [4.69, 9.17) is 16.3 Å². The molecule has 4 nitrogen and oxygen atoms in total. The van der Waals surface area contributed by atoms with Crippen LogP contribution >= 0.6 is 22.9 Å². The van der Waals surface area contributed by atoms with Gasteiger partial charge in [0, 0.05) is 31.5 Å². The summed E-state index contributed by atoms with van der Waals surface area (Å²) in [6.45, 7) is 2.81. The van der Waals surface area contributed by atoms with Crippen molar-refractivity contribution in [2.75, 3.05) is 26.7 Å². The van der Waals surface area contributed by atoms with Gasteiger partial charge in [-0.1, -0.05) is 11.6 Å². The van der Waals surface area contributed by atoms with Crippen molar-refractivity contribution in [3.63, 3.8) is 0 Å². The lowest BCUT2D eigenvalue weighted by Gasteiger charge is -2.29. The Kier molecular flexibility index (Phi) is 3.30. The highest BCUT2D eigenvalue weighted by atomic mass is 35.5. The molecule has 1 spiro atoms. The molecular weight excluding hydrogens is 308 g/mol. The number of amides is 1. The molecule has 3 aliphatic heterocycles. The number of ether oxygens (including phenoxy) is 1. The van der Waals surface area contributed by atoms with E-state index in [1.54, 1.807) is 6.07 Å². The van der Waals surface area contributed by atoms with Crippen LogP contribution in [0, 0.1) is 11.8 Å². The number of thiophene rings is 1. The summed E-state index contributed by atoms with van der Waals surface area (Å²) in [7, 11) is 2.16. The van der Waals surface area contributed by atoms with E-state index in [9.17, 15) is 4.79 Å². The van der Waals surface area contributed by atoms with Gasteiger partial charge in [-0.15, -0.1) is 11.3 Å². The third-order valence-electron chi connectivity index (χ3n) is 5.28. The van der Waals surface area contributed by atoms with Crippen molar-refractivity contribution in [1.29, 1.82) is 0 Å². The largest absolute Gasteiger partial charge is 0.370 e. The zero-order valence-electron chi connectivity index (χ0n) is 12.0. The number of halogens is 1. The molecule has 4 atom stereocenters. The first-order chi connectivity index (χ1) is 10.1. The number of carbonyl (C=O) groups is 1. The molecule has 3 fully saturated rings. The highest BCUT2D eigenvalue weighted by Crippen LogP contribution is 2.54. The monoisotopic (exact) mass is 326 g/mol. The Morgan fingerprint density at radius 1 is 1.67 bits per heavy atom. The summed E-state index contributed by atoms with van der Waals surface area (Å²) < 4.78 is 6.30. The minimum atomic E-state index is -0.0572. The number of carbonyl (C=O) groups excluding carboxylic acids is 1. The third kappa shape index (κ3) is 2.13. The molecule has 0 aliphatic carbocycles. The maximum atomic E-state index is 12.2. The van der Waals surface area contributed by atoms with Crippen molar-refractivity contribution in [3.8, 4) is 0 Å². The van der Waals surface area contributed by atoms with Crippen LogP contribution in [0.4, 0.5) is 0 Å². The van der Waals surface area contributed by atoms with Gasteiger partial charge < -0.3 is 15.0 Å². The van der Waals surface area contributed by atoms with Gasteiger partial charge in [0.2, 0.25) is 0 Å². The molecule has 3 aliphatic rings.